The summed E-state index contributed by atoms with van der Waals surface area (Å²) in [5, 5.41) is 0. The first kappa shape index (κ1) is 12.7. The number of sulfonamides is 1. The van der Waals surface area contributed by atoms with Gasteiger partial charge in [0, 0.05) is 25.0 Å². The van der Waals surface area contributed by atoms with Gasteiger partial charge in [-0.1, -0.05) is 0 Å². The minimum Gasteiger partial charge on any atom is -0.367 e. The molecule has 0 fully saturated rings. The number of halogens is 2. The first-order chi connectivity index (χ1) is 8.47. The average molecular weight is 272 g/mol. The number of benzene rings is 1. The molecule has 18 heavy (non-hydrogen) atoms. The maximum Gasteiger partial charge on any atom is 0.241 e. The van der Waals surface area contributed by atoms with E-state index in [1.54, 1.807) is 18.5 Å². The van der Waals surface area contributed by atoms with Crippen LogP contribution in [0, 0.1) is 11.6 Å². The zero-order chi connectivity index (χ0) is 13.2. The molecular weight excluding hydrogens is 262 g/mol. The van der Waals surface area contributed by atoms with Crippen LogP contribution in [0.3, 0.4) is 0 Å². The minimum atomic E-state index is -3.93. The number of nitrogens with one attached hydrogen (secondary N) is 2. The van der Waals surface area contributed by atoms with E-state index in [0.717, 1.165) is 17.7 Å². The summed E-state index contributed by atoms with van der Waals surface area (Å²) in [6.45, 7) is 0.0456. The molecule has 2 N–H and O–H groups in total. The lowest BCUT2D eigenvalue weighted by Gasteiger charge is -2.06. The predicted octanol–water partition coefficient (Wildman–Crippen LogP) is 1.77. The van der Waals surface area contributed by atoms with E-state index in [-0.39, 0.29) is 6.54 Å². The van der Waals surface area contributed by atoms with Gasteiger partial charge in [-0.3, -0.25) is 0 Å². The van der Waals surface area contributed by atoms with Gasteiger partial charge in [-0.25, -0.2) is 21.9 Å². The zero-order valence-corrected chi connectivity index (χ0v) is 9.97. The Hall–Kier alpha value is -1.73. The lowest BCUT2D eigenvalue weighted by molar-refractivity contribution is 0.561. The SMILES string of the molecule is O=S(=O)(NCc1cc[nH]c1)c1cc(F)cc(F)c1. The normalized spacial score (nSPS) is 11.7. The number of hydrogen-bond donors (Lipinski definition) is 2. The molecule has 2 rings (SSSR count). The first-order valence-electron chi connectivity index (χ1n) is 5.05. The molecule has 0 amide bonds. The molecule has 0 spiro atoms. The molecule has 0 aliphatic heterocycles. The highest BCUT2D eigenvalue weighted by molar-refractivity contribution is 7.89. The molecule has 96 valence electrons. The van der Waals surface area contributed by atoms with Crippen LogP contribution >= 0.6 is 0 Å². The van der Waals surface area contributed by atoms with Crippen LogP contribution in [0.4, 0.5) is 8.78 Å². The molecule has 0 radical (unpaired) electrons. The third-order valence-electron chi connectivity index (χ3n) is 2.28. The average Bonchev–Trinajstić information content (AvgIpc) is 2.78. The smallest absolute Gasteiger partial charge is 0.241 e. The molecule has 2 aromatic rings. The van der Waals surface area contributed by atoms with Gasteiger partial charge in [-0.15, -0.1) is 0 Å². The molecule has 0 aliphatic carbocycles. The Morgan fingerprint density at radius 2 is 1.83 bits per heavy atom. The summed E-state index contributed by atoms with van der Waals surface area (Å²) < 4.78 is 51.7. The van der Waals surface area contributed by atoms with Crippen molar-refractivity contribution in [1.29, 1.82) is 0 Å². The Bertz CT molecular complexity index is 619. The maximum absolute atomic E-state index is 12.9. The van der Waals surface area contributed by atoms with Gasteiger partial charge in [0.2, 0.25) is 10.0 Å². The molecule has 1 heterocycles. The van der Waals surface area contributed by atoms with Gasteiger partial charge in [0.05, 0.1) is 4.90 Å². The first-order valence-corrected chi connectivity index (χ1v) is 6.53. The molecule has 0 bridgehead atoms. The third-order valence-corrected chi connectivity index (χ3v) is 3.66. The van der Waals surface area contributed by atoms with Gasteiger partial charge in [0.15, 0.2) is 0 Å². The van der Waals surface area contributed by atoms with Crippen LogP contribution in [-0.4, -0.2) is 13.4 Å². The van der Waals surface area contributed by atoms with Crippen molar-refractivity contribution in [3.05, 3.63) is 53.9 Å². The van der Waals surface area contributed by atoms with Crippen molar-refractivity contribution < 1.29 is 17.2 Å². The summed E-state index contributed by atoms with van der Waals surface area (Å²) in [5.74, 6) is -1.87. The number of aromatic nitrogens is 1. The molecule has 0 unspecified atom stereocenters. The van der Waals surface area contributed by atoms with Crippen LogP contribution in [0.15, 0.2) is 41.6 Å². The van der Waals surface area contributed by atoms with Crippen molar-refractivity contribution in [2.24, 2.45) is 0 Å². The van der Waals surface area contributed by atoms with Crippen LogP contribution in [0.5, 0.6) is 0 Å². The van der Waals surface area contributed by atoms with Crippen LogP contribution in [0.2, 0.25) is 0 Å². The summed E-state index contributed by atoms with van der Waals surface area (Å²) >= 11 is 0. The van der Waals surface area contributed by atoms with E-state index in [0.29, 0.717) is 6.07 Å². The second-order valence-electron chi connectivity index (χ2n) is 3.65. The fraction of sp³-hybridized carbons (Fsp3) is 0.0909. The van der Waals surface area contributed by atoms with E-state index in [2.05, 4.69) is 9.71 Å². The standard InChI is InChI=1S/C11H10F2N2O2S/c12-9-3-10(13)5-11(4-9)18(16,17)15-7-8-1-2-14-6-8/h1-6,14-15H,7H2. The van der Waals surface area contributed by atoms with Gasteiger partial charge in [-0.2, -0.15) is 0 Å². The summed E-state index contributed by atoms with van der Waals surface area (Å²) in [6, 6.07) is 3.84. The van der Waals surface area contributed by atoms with E-state index in [9.17, 15) is 17.2 Å². The summed E-state index contributed by atoms with van der Waals surface area (Å²) in [7, 11) is -3.93. The molecule has 0 saturated carbocycles. The van der Waals surface area contributed by atoms with E-state index in [1.165, 1.54) is 0 Å². The predicted molar refractivity (Wildman–Crippen MR) is 61.2 cm³/mol. The Labute approximate surface area is 103 Å². The molecular formula is C11H10F2N2O2S. The Kier molecular flexibility index (Phi) is 3.44. The zero-order valence-electron chi connectivity index (χ0n) is 9.15. The minimum absolute atomic E-state index is 0.0456. The van der Waals surface area contributed by atoms with Crippen LogP contribution < -0.4 is 4.72 Å². The van der Waals surface area contributed by atoms with Gasteiger partial charge in [-0.05, 0) is 23.8 Å². The van der Waals surface area contributed by atoms with Gasteiger partial charge >= 0.3 is 0 Å². The quantitative estimate of drug-likeness (QED) is 0.891. The monoisotopic (exact) mass is 272 g/mol. The third kappa shape index (κ3) is 2.93. The lowest BCUT2D eigenvalue weighted by atomic mass is 10.3. The molecule has 0 saturated heterocycles. The van der Waals surface area contributed by atoms with E-state index >= 15 is 0 Å². The Balaban J connectivity index is 2.20. The van der Waals surface area contributed by atoms with E-state index in [4.69, 9.17) is 0 Å². The van der Waals surface area contributed by atoms with Gasteiger partial charge in [0.1, 0.15) is 11.6 Å². The molecule has 7 heteroatoms. The highest BCUT2D eigenvalue weighted by Crippen LogP contribution is 2.13. The Morgan fingerprint density at radius 3 is 2.39 bits per heavy atom. The van der Waals surface area contributed by atoms with Crippen molar-refractivity contribution in [2.45, 2.75) is 11.4 Å². The number of aromatic amines is 1. The van der Waals surface area contributed by atoms with Crippen molar-refractivity contribution in [3.8, 4) is 0 Å². The molecule has 4 nitrogen and oxygen atoms in total. The van der Waals surface area contributed by atoms with Crippen LogP contribution in [-0.2, 0) is 16.6 Å². The highest BCUT2D eigenvalue weighted by atomic mass is 32.2. The fourth-order valence-corrected chi connectivity index (χ4v) is 2.47. The number of hydrogen-bond acceptors (Lipinski definition) is 2. The lowest BCUT2D eigenvalue weighted by Crippen LogP contribution is -2.23. The number of H-pyrrole nitrogens is 1. The largest absolute Gasteiger partial charge is 0.367 e. The molecule has 0 atom stereocenters. The van der Waals surface area contributed by atoms with Gasteiger partial charge < -0.3 is 4.98 Å². The molecule has 1 aromatic heterocycles. The fourth-order valence-electron chi connectivity index (χ4n) is 1.41. The Morgan fingerprint density at radius 1 is 1.17 bits per heavy atom. The second kappa shape index (κ2) is 4.87. The summed E-state index contributed by atoms with van der Waals surface area (Å²) in [4.78, 5) is 2.33. The molecule has 1 aromatic carbocycles. The summed E-state index contributed by atoms with van der Waals surface area (Å²) in [6.07, 6.45) is 3.26. The van der Waals surface area contributed by atoms with E-state index < -0.39 is 26.6 Å². The van der Waals surface area contributed by atoms with Gasteiger partial charge in [0.25, 0.3) is 0 Å². The van der Waals surface area contributed by atoms with Crippen LogP contribution in [0.1, 0.15) is 5.56 Å². The number of rotatable bonds is 4. The molecule has 0 aliphatic rings. The van der Waals surface area contributed by atoms with Crippen molar-refractivity contribution in [3.63, 3.8) is 0 Å². The van der Waals surface area contributed by atoms with Crippen molar-refractivity contribution in [1.82, 2.24) is 9.71 Å². The maximum atomic E-state index is 12.9. The summed E-state index contributed by atoms with van der Waals surface area (Å²) in [5.41, 5.74) is 0.718. The topological polar surface area (TPSA) is 62.0 Å². The highest BCUT2D eigenvalue weighted by Gasteiger charge is 2.16. The van der Waals surface area contributed by atoms with E-state index in [1.807, 2.05) is 0 Å². The van der Waals surface area contributed by atoms with Crippen LogP contribution in [0.25, 0.3) is 0 Å². The van der Waals surface area contributed by atoms with Crippen molar-refractivity contribution in [2.75, 3.05) is 0 Å². The van der Waals surface area contributed by atoms with Crippen molar-refractivity contribution >= 4 is 10.0 Å². The second-order valence-corrected chi connectivity index (χ2v) is 5.42.